The topological polar surface area (TPSA) is 3.24 Å². The van der Waals surface area contributed by atoms with E-state index >= 15 is 0 Å². The van der Waals surface area contributed by atoms with Crippen LogP contribution in [-0.2, 0) is 5.41 Å². The second-order valence-corrected chi connectivity index (χ2v) is 8.40. The maximum absolute atomic E-state index is 2.37. The number of hydrogen-bond donors (Lipinski definition) is 0. The lowest BCUT2D eigenvalue weighted by Crippen LogP contribution is -2.37. The number of fused-ring (bicyclic) bond motifs is 1. The minimum Gasteiger partial charge on any atom is -0.372 e. The Morgan fingerprint density at radius 1 is 1.24 bits per heavy atom. The van der Waals surface area contributed by atoms with Gasteiger partial charge in [0.05, 0.1) is 5.69 Å². The molecule has 0 aromatic heterocycles. The van der Waals surface area contributed by atoms with Crippen molar-refractivity contribution in [3.63, 3.8) is 0 Å². The Morgan fingerprint density at radius 3 is 2.47 bits per heavy atom. The minimum atomic E-state index is 0.232. The van der Waals surface area contributed by atoms with E-state index in [1.165, 1.54) is 16.1 Å². The van der Waals surface area contributed by atoms with Gasteiger partial charge in [-0.15, -0.1) is 11.8 Å². The zero-order chi connectivity index (χ0) is 12.8. The third kappa shape index (κ3) is 2.62. The highest BCUT2D eigenvalue weighted by atomic mass is 32.2. The Bertz CT molecular complexity index is 429. The molecule has 1 heterocycles. The molecule has 1 aliphatic heterocycles. The summed E-state index contributed by atoms with van der Waals surface area (Å²) >= 11 is 2.01. The maximum Gasteiger partial charge on any atom is 0.0502 e. The SMILES string of the molecule is CN1CC(C)(C)Sc2cc(C(C)(C)C)ccc21. The lowest BCUT2D eigenvalue weighted by atomic mass is 9.87. The fraction of sp³-hybridized carbons (Fsp3) is 0.600. The first-order chi connectivity index (χ1) is 7.69. The highest BCUT2D eigenvalue weighted by Gasteiger charge is 2.30. The van der Waals surface area contributed by atoms with Crippen molar-refractivity contribution in [1.82, 2.24) is 0 Å². The van der Waals surface area contributed by atoms with Gasteiger partial charge < -0.3 is 4.90 Å². The van der Waals surface area contributed by atoms with E-state index in [9.17, 15) is 0 Å². The Hall–Kier alpha value is -0.630. The molecule has 0 spiro atoms. The van der Waals surface area contributed by atoms with Gasteiger partial charge >= 0.3 is 0 Å². The van der Waals surface area contributed by atoms with E-state index in [4.69, 9.17) is 0 Å². The summed E-state index contributed by atoms with van der Waals surface area (Å²) in [5.41, 5.74) is 3.03. The molecule has 0 saturated heterocycles. The molecule has 0 N–H and O–H groups in total. The second-order valence-electron chi connectivity index (χ2n) is 6.65. The van der Waals surface area contributed by atoms with Gasteiger partial charge in [-0.05, 0) is 37.0 Å². The number of hydrogen-bond acceptors (Lipinski definition) is 2. The largest absolute Gasteiger partial charge is 0.372 e. The van der Waals surface area contributed by atoms with Gasteiger partial charge in [-0.1, -0.05) is 26.8 Å². The van der Waals surface area contributed by atoms with Crippen LogP contribution >= 0.6 is 11.8 Å². The van der Waals surface area contributed by atoms with Crippen LogP contribution in [0.15, 0.2) is 23.1 Å². The number of nitrogens with zero attached hydrogens (tertiary/aromatic N) is 1. The van der Waals surface area contributed by atoms with Crippen LogP contribution in [0.3, 0.4) is 0 Å². The quantitative estimate of drug-likeness (QED) is 0.674. The fourth-order valence-corrected chi connectivity index (χ4v) is 3.73. The molecule has 2 rings (SSSR count). The highest BCUT2D eigenvalue weighted by molar-refractivity contribution is 8.00. The predicted octanol–water partition coefficient (Wildman–Crippen LogP) is 4.30. The van der Waals surface area contributed by atoms with E-state index in [0.717, 1.165) is 6.54 Å². The van der Waals surface area contributed by atoms with Gasteiger partial charge in [-0.3, -0.25) is 0 Å². The minimum absolute atomic E-state index is 0.232. The second kappa shape index (κ2) is 3.94. The van der Waals surface area contributed by atoms with E-state index in [0.29, 0.717) is 4.75 Å². The predicted molar refractivity (Wildman–Crippen MR) is 78.3 cm³/mol. The summed E-state index contributed by atoms with van der Waals surface area (Å²) in [5.74, 6) is 0. The van der Waals surface area contributed by atoms with Gasteiger partial charge in [0.2, 0.25) is 0 Å². The summed E-state index contributed by atoms with van der Waals surface area (Å²) < 4.78 is 0.304. The van der Waals surface area contributed by atoms with Crippen LogP contribution < -0.4 is 4.90 Å². The van der Waals surface area contributed by atoms with Crippen LogP contribution in [0.5, 0.6) is 0 Å². The molecule has 0 atom stereocenters. The van der Waals surface area contributed by atoms with Crippen molar-refractivity contribution in [1.29, 1.82) is 0 Å². The van der Waals surface area contributed by atoms with Gasteiger partial charge in [0.15, 0.2) is 0 Å². The van der Waals surface area contributed by atoms with Crippen molar-refractivity contribution in [2.24, 2.45) is 0 Å². The lowest BCUT2D eigenvalue weighted by Gasteiger charge is -2.38. The van der Waals surface area contributed by atoms with E-state index < -0.39 is 0 Å². The average molecular weight is 249 g/mol. The summed E-state index contributed by atoms with van der Waals surface area (Å²) in [7, 11) is 2.19. The van der Waals surface area contributed by atoms with Crippen LogP contribution in [0.25, 0.3) is 0 Å². The molecule has 0 fully saturated rings. The van der Waals surface area contributed by atoms with Crippen LogP contribution in [-0.4, -0.2) is 18.3 Å². The van der Waals surface area contributed by atoms with Crippen LogP contribution in [0.1, 0.15) is 40.2 Å². The van der Waals surface area contributed by atoms with Gasteiger partial charge in [-0.2, -0.15) is 0 Å². The van der Waals surface area contributed by atoms with E-state index in [-0.39, 0.29) is 5.41 Å². The van der Waals surface area contributed by atoms with E-state index in [2.05, 4.69) is 64.8 Å². The molecule has 1 aromatic carbocycles. The Morgan fingerprint density at radius 2 is 1.88 bits per heavy atom. The number of benzene rings is 1. The van der Waals surface area contributed by atoms with Crippen molar-refractivity contribution in [3.05, 3.63) is 23.8 Å². The Balaban J connectivity index is 2.45. The normalized spacial score (nSPS) is 19.1. The monoisotopic (exact) mass is 249 g/mol. The Labute approximate surface area is 110 Å². The summed E-state index contributed by atoms with van der Waals surface area (Å²) in [4.78, 5) is 3.80. The fourth-order valence-electron chi connectivity index (χ4n) is 2.36. The first-order valence-electron chi connectivity index (χ1n) is 6.24. The number of thioether (sulfide) groups is 1. The molecular weight excluding hydrogens is 226 g/mol. The third-order valence-corrected chi connectivity index (χ3v) is 4.47. The van der Waals surface area contributed by atoms with Gasteiger partial charge in [-0.25, -0.2) is 0 Å². The molecule has 0 bridgehead atoms. The van der Waals surface area contributed by atoms with Gasteiger partial charge in [0.25, 0.3) is 0 Å². The van der Waals surface area contributed by atoms with E-state index in [1.807, 2.05) is 11.8 Å². The summed E-state index contributed by atoms with van der Waals surface area (Å²) in [6, 6.07) is 6.92. The van der Waals surface area contributed by atoms with Crippen LogP contribution in [0.2, 0.25) is 0 Å². The maximum atomic E-state index is 2.37. The van der Waals surface area contributed by atoms with Crippen LogP contribution in [0.4, 0.5) is 5.69 Å². The highest BCUT2D eigenvalue weighted by Crippen LogP contribution is 2.45. The number of rotatable bonds is 0. The van der Waals surface area contributed by atoms with Crippen molar-refractivity contribution in [2.75, 3.05) is 18.5 Å². The molecule has 0 saturated carbocycles. The smallest absolute Gasteiger partial charge is 0.0502 e. The molecule has 2 heteroatoms. The first kappa shape index (κ1) is 12.8. The standard InChI is InChI=1S/C15H23NS/c1-14(2,3)11-7-8-12-13(9-11)17-15(4,5)10-16(12)6/h7-9H,10H2,1-6H3. The van der Waals surface area contributed by atoms with Crippen molar-refractivity contribution < 1.29 is 0 Å². The van der Waals surface area contributed by atoms with Crippen molar-refractivity contribution in [2.45, 2.75) is 49.7 Å². The summed E-state index contributed by atoms with van der Waals surface area (Å²) in [6.07, 6.45) is 0. The van der Waals surface area contributed by atoms with Gasteiger partial charge in [0, 0.05) is 23.2 Å². The third-order valence-electron chi connectivity index (χ3n) is 3.24. The van der Waals surface area contributed by atoms with Crippen LogP contribution in [0, 0.1) is 0 Å². The number of anilines is 1. The van der Waals surface area contributed by atoms with Crippen molar-refractivity contribution >= 4 is 17.4 Å². The molecule has 1 aromatic rings. The average Bonchev–Trinajstić information content (AvgIpc) is 2.13. The molecule has 0 aliphatic carbocycles. The molecule has 1 aliphatic rings. The summed E-state index contributed by atoms with van der Waals surface area (Å²) in [6.45, 7) is 12.6. The molecule has 94 valence electrons. The molecule has 1 nitrogen and oxygen atoms in total. The van der Waals surface area contributed by atoms with Gasteiger partial charge in [0.1, 0.15) is 0 Å². The molecule has 0 radical (unpaired) electrons. The Kier molecular flexibility index (Phi) is 2.97. The molecule has 17 heavy (non-hydrogen) atoms. The molecule has 0 unspecified atom stereocenters. The lowest BCUT2D eigenvalue weighted by molar-refractivity contribution is 0.587. The zero-order valence-corrected chi connectivity index (χ0v) is 12.6. The van der Waals surface area contributed by atoms with E-state index in [1.54, 1.807) is 0 Å². The van der Waals surface area contributed by atoms with Crippen molar-refractivity contribution in [3.8, 4) is 0 Å². The molecule has 0 amide bonds. The summed E-state index contributed by atoms with van der Waals surface area (Å²) in [5, 5.41) is 0. The molecular formula is C15H23NS. The first-order valence-corrected chi connectivity index (χ1v) is 7.05. The zero-order valence-electron chi connectivity index (χ0n) is 11.8.